The number of benzene rings is 2. The molecular formula is C18H17N3O2S. The van der Waals surface area contributed by atoms with Gasteiger partial charge in [0.2, 0.25) is 0 Å². The number of methoxy groups -OCH3 is 1. The molecule has 5 nitrogen and oxygen atoms in total. The molecule has 2 amide bonds. The molecule has 0 aliphatic rings. The topological polar surface area (TPSA) is 63.2 Å². The molecule has 0 bridgehead atoms. The zero-order valence-electron chi connectivity index (χ0n) is 13.2. The van der Waals surface area contributed by atoms with E-state index in [0.29, 0.717) is 6.54 Å². The molecule has 24 heavy (non-hydrogen) atoms. The van der Waals surface area contributed by atoms with E-state index in [1.54, 1.807) is 7.11 Å². The van der Waals surface area contributed by atoms with Gasteiger partial charge in [0, 0.05) is 16.6 Å². The lowest BCUT2D eigenvalue weighted by Gasteiger charge is -2.05. The molecular weight excluding hydrogens is 322 g/mol. The molecule has 3 rings (SSSR count). The minimum absolute atomic E-state index is 0.248. The van der Waals surface area contributed by atoms with Gasteiger partial charge in [0.1, 0.15) is 10.8 Å². The summed E-state index contributed by atoms with van der Waals surface area (Å²) in [6.45, 7) is 0.388. The highest BCUT2D eigenvalue weighted by Crippen LogP contribution is 2.24. The summed E-state index contributed by atoms with van der Waals surface area (Å²) in [5.74, 6) is 0.813. The minimum Gasteiger partial charge on any atom is -0.497 e. The maximum Gasteiger partial charge on any atom is 0.319 e. The number of aromatic nitrogens is 1. The summed E-state index contributed by atoms with van der Waals surface area (Å²) in [7, 11) is 1.64. The van der Waals surface area contributed by atoms with Gasteiger partial charge in [-0.2, -0.15) is 0 Å². The van der Waals surface area contributed by atoms with Crippen LogP contribution in [0.4, 0.5) is 10.5 Å². The van der Waals surface area contributed by atoms with Crippen molar-refractivity contribution in [2.24, 2.45) is 0 Å². The number of urea groups is 1. The van der Waals surface area contributed by atoms with Gasteiger partial charge in [-0.05, 0) is 36.4 Å². The zero-order valence-corrected chi connectivity index (χ0v) is 14.0. The molecule has 0 aliphatic carbocycles. The Morgan fingerprint density at radius 3 is 2.58 bits per heavy atom. The summed E-state index contributed by atoms with van der Waals surface area (Å²) in [6.07, 6.45) is 0. The fraction of sp³-hybridized carbons (Fsp3) is 0.111. The average molecular weight is 339 g/mol. The Morgan fingerprint density at radius 1 is 1.12 bits per heavy atom. The smallest absolute Gasteiger partial charge is 0.319 e. The predicted octanol–water partition coefficient (Wildman–Crippen LogP) is 4.14. The number of anilines is 1. The van der Waals surface area contributed by atoms with Crippen molar-refractivity contribution in [2.75, 3.05) is 12.4 Å². The van der Waals surface area contributed by atoms with Gasteiger partial charge < -0.3 is 15.4 Å². The Hall–Kier alpha value is -2.86. The van der Waals surface area contributed by atoms with Gasteiger partial charge in [0.25, 0.3) is 0 Å². The number of hydrogen-bond donors (Lipinski definition) is 2. The van der Waals surface area contributed by atoms with Crippen LogP contribution < -0.4 is 15.4 Å². The predicted molar refractivity (Wildman–Crippen MR) is 96.4 cm³/mol. The third-order valence-corrected chi connectivity index (χ3v) is 4.22. The van der Waals surface area contributed by atoms with E-state index < -0.39 is 0 Å². The van der Waals surface area contributed by atoms with Crippen molar-refractivity contribution in [3.8, 4) is 17.0 Å². The third kappa shape index (κ3) is 4.11. The lowest BCUT2D eigenvalue weighted by molar-refractivity contribution is 0.251. The number of carbonyl (C=O) groups is 1. The van der Waals surface area contributed by atoms with Crippen LogP contribution in [-0.2, 0) is 6.54 Å². The molecule has 0 saturated carbocycles. The highest BCUT2D eigenvalue weighted by Gasteiger charge is 2.07. The molecule has 3 aromatic rings. The van der Waals surface area contributed by atoms with Gasteiger partial charge in [0.15, 0.2) is 0 Å². The molecule has 0 atom stereocenters. The minimum atomic E-state index is -0.248. The van der Waals surface area contributed by atoms with Crippen molar-refractivity contribution in [2.45, 2.75) is 6.54 Å². The Kier molecular flexibility index (Phi) is 5.08. The number of rotatable bonds is 5. The maximum absolute atomic E-state index is 11.9. The monoisotopic (exact) mass is 339 g/mol. The molecule has 2 aromatic carbocycles. The number of thiazole rings is 1. The van der Waals surface area contributed by atoms with Crippen molar-refractivity contribution < 1.29 is 9.53 Å². The molecule has 0 fully saturated rings. The molecule has 0 radical (unpaired) electrons. The SMILES string of the molecule is COc1ccc(-c2csc(CNC(=O)Nc3ccccc3)n2)cc1. The van der Waals surface area contributed by atoms with Crippen LogP contribution in [0.25, 0.3) is 11.3 Å². The number of nitrogens with one attached hydrogen (secondary N) is 2. The largest absolute Gasteiger partial charge is 0.497 e. The lowest BCUT2D eigenvalue weighted by atomic mass is 10.2. The van der Waals surface area contributed by atoms with Crippen LogP contribution in [0.1, 0.15) is 5.01 Å². The molecule has 6 heteroatoms. The Labute approximate surface area is 144 Å². The van der Waals surface area contributed by atoms with Crippen LogP contribution in [0.3, 0.4) is 0 Å². The standard InChI is InChI=1S/C18H17N3O2S/c1-23-15-9-7-13(8-10-15)16-12-24-17(21-16)11-19-18(22)20-14-5-3-2-4-6-14/h2-10,12H,11H2,1H3,(H2,19,20,22). The molecule has 1 heterocycles. The number of amides is 2. The van der Waals surface area contributed by atoms with E-state index in [1.807, 2.05) is 60.0 Å². The Balaban J connectivity index is 1.56. The van der Waals surface area contributed by atoms with E-state index in [-0.39, 0.29) is 6.03 Å². The van der Waals surface area contributed by atoms with Gasteiger partial charge in [-0.15, -0.1) is 11.3 Å². The van der Waals surface area contributed by atoms with Crippen molar-refractivity contribution in [3.63, 3.8) is 0 Å². The number of carbonyl (C=O) groups excluding carboxylic acids is 1. The van der Waals surface area contributed by atoms with Crippen LogP contribution in [0.2, 0.25) is 0 Å². The van der Waals surface area contributed by atoms with E-state index in [4.69, 9.17) is 4.74 Å². The van der Waals surface area contributed by atoms with E-state index in [9.17, 15) is 4.79 Å². The van der Waals surface area contributed by atoms with Gasteiger partial charge in [-0.1, -0.05) is 18.2 Å². The quantitative estimate of drug-likeness (QED) is 0.734. The molecule has 0 spiro atoms. The normalized spacial score (nSPS) is 10.2. The molecule has 2 N–H and O–H groups in total. The van der Waals surface area contributed by atoms with Crippen molar-refractivity contribution in [3.05, 3.63) is 65.0 Å². The molecule has 0 aliphatic heterocycles. The van der Waals surface area contributed by atoms with E-state index >= 15 is 0 Å². The van der Waals surface area contributed by atoms with Crippen LogP contribution >= 0.6 is 11.3 Å². The van der Waals surface area contributed by atoms with Gasteiger partial charge in [-0.3, -0.25) is 0 Å². The summed E-state index contributed by atoms with van der Waals surface area (Å²) >= 11 is 1.52. The summed E-state index contributed by atoms with van der Waals surface area (Å²) in [4.78, 5) is 16.4. The fourth-order valence-electron chi connectivity index (χ4n) is 2.14. The first-order valence-electron chi connectivity index (χ1n) is 7.43. The van der Waals surface area contributed by atoms with Crippen LogP contribution in [-0.4, -0.2) is 18.1 Å². The number of nitrogens with zero attached hydrogens (tertiary/aromatic N) is 1. The first kappa shape index (κ1) is 16.0. The summed E-state index contributed by atoms with van der Waals surface area (Å²) in [5.41, 5.74) is 2.67. The first-order chi connectivity index (χ1) is 11.7. The van der Waals surface area contributed by atoms with Crippen molar-refractivity contribution >= 4 is 23.1 Å². The van der Waals surface area contributed by atoms with Gasteiger partial charge >= 0.3 is 6.03 Å². The van der Waals surface area contributed by atoms with E-state index in [2.05, 4.69) is 15.6 Å². The number of para-hydroxylation sites is 1. The first-order valence-corrected chi connectivity index (χ1v) is 8.31. The van der Waals surface area contributed by atoms with E-state index in [0.717, 1.165) is 27.7 Å². The number of hydrogen-bond acceptors (Lipinski definition) is 4. The molecule has 0 saturated heterocycles. The summed E-state index contributed by atoms with van der Waals surface area (Å²) in [5, 5.41) is 8.42. The highest BCUT2D eigenvalue weighted by atomic mass is 32.1. The zero-order chi connectivity index (χ0) is 16.8. The second-order valence-electron chi connectivity index (χ2n) is 5.03. The second kappa shape index (κ2) is 7.61. The average Bonchev–Trinajstić information content (AvgIpc) is 3.10. The van der Waals surface area contributed by atoms with Crippen LogP contribution in [0.15, 0.2) is 60.0 Å². The van der Waals surface area contributed by atoms with Crippen LogP contribution in [0, 0.1) is 0 Å². The Morgan fingerprint density at radius 2 is 1.88 bits per heavy atom. The van der Waals surface area contributed by atoms with E-state index in [1.165, 1.54) is 11.3 Å². The second-order valence-corrected chi connectivity index (χ2v) is 5.97. The third-order valence-electron chi connectivity index (χ3n) is 3.37. The van der Waals surface area contributed by atoms with Crippen LogP contribution in [0.5, 0.6) is 5.75 Å². The summed E-state index contributed by atoms with van der Waals surface area (Å²) in [6, 6.07) is 16.8. The molecule has 122 valence electrons. The molecule has 0 unspecified atom stereocenters. The van der Waals surface area contributed by atoms with Gasteiger partial charge in [0.05, 0.1) is 19.3 Å². The highest BCUT2D eigenvalue weighted by molar-refractivity contribution is 7.09. The fourth-order valence-corrected chi connectivity index (χ4v) is 2.88. The summed E-state index contributed by atoms with van der Waals surface area (Å²) < 4.78 is 5.15. The Bertz CT molecular complexity index is 801. The van der Waals surface area contributed by atoms with Crippen molar-refractivity contribution in [1.82, 2.24) is 10.3 Å². The van der Waals surface area contributed by atoms with Gasteiger partial charge in [-0.25, -0.2) is 9.78 Å². The number of ether oxygens (including phenoxy) is 1. The molecule has 1 aromatic heterocycles. The lowest BCUT2D eigenvalue weighted by Crippen LogP contribution is -2.28. The maximum atomic E-state index is 11.9. The van der Waals surface area contributed by atoms with Crippen molar-refractivity contribution in [1.29, 1.82) is 0 Å².